The third-order valence-corrected chi connectivity index (χ3v) is 6.90. The summed E-state index contributed by atoms with van der Waals surface area (Å²) in [4.78, 5) is 12.1. The molecule has 174 valence electrons. The molecule has 1 N–H and O–H groups in total. The van der Waals surface area contributed by atoms with Gasteiger partial charge in [0.05, 0.1) is 4.90 Å². The molecule has 0 saturated carbocycles. The van der Waals surface area contributed by atoms with Crippen LogP contribution in [0.15, 0.2) is 47.4 Å². The quantitative estimate of drug-likeness (QED) is 0.645. The maximum absolute atomic E-state index is 13.4. The lowest BCUT2D eigenvalue weighted by atomic mass is 9.97. The molecule has 1 aliphatic rings. The smallest absolute Gasteiger partial charge is 0.405 e. The molecule has 0 radical (unpaired) electrons. The van der Waals surface area contributed by atoms with Crippen molar-refractivity contribution < 1.29 is 39.9 Å². The highest BCUT2D eigenvalue weighted by atomic mass is 32.2. The van der Waals surface area contributed by atoms with E-state index in [0.29, 0.717) is 6.07 Å². The van der Waals surface area contributed by atoms with Crippen LogP contribution in [-0.2, 0) is 21.4 Å². The number of sulfonamides is 1. The highest BCUT2D eigenvalue weighted by Crippen LogP contribution is 2.27. The van der Waals surface area contributed by atoms with Gasteiger partial charge in [0.2, 0.25) is 15.9 Å². The van der Waals surface area contributed by atoms with E-state index in [-0.39, 0.29) is 42.9 Å². The number of para-hydroxylation sites is 1. The van der Waals surface area contributed by atoms with E-state index >= 15 is 0 Å². The SMILES string of the molecule is O=C(NCc1ccccc1OC(F)(F)F)C1CCN(S(=O)(=O)c2ccc(F)c(F)c2)CC1. The van der Waals surface area contributed by atoms with Gasteiger partial charge < -0.3 is 10.1 Å². The molecule has 0 unspecified atom stereocenters. The fourth-order valence-electron chi connectivity index (χ4n) is 3.35. The van der Waals surface area contributed by atoms with Crippen molar-refractivity contribution in [3.8, 4) is 5.75 Å². The molecule has 0 bridgehead atoms. The summed E-state index contributed by atoms with van der Waals surface area (Å²) in [6.07, 6.45) is -4.54. The van der Waals surface area contributed by atoms with Gasteiger partial charge in [-0.2, -0.15) is 4.31 Å². The number of ether oxygens (including phenoxy) is 1. The second kappa shape index (κ2) is 9.41. The molecule has 1 fully saturated rings. The lowest BCUT2D eigenvalue weighted by Crippen LogP contribution is -2.42. The molecular weight excluding hydrogens is 459 g/mol. The van der Waals surface area contributed by atoms with Gasteiger partial charge in [-0.05, 0) is 37.1 Å². The number of benzene rings is 2. The molecule has 2 aromatic carbocycles. The number of carbonyl (C=O) groups excluding carboxylic acids is 1. The van der Waals surface area contributed by atoms with E-state index in [0.717, 1.165) is 22.5 Å². The first kappa shape index (κ1) is 23.9. The van der Waals surface area contributed by atoms with Gasteiger partial charge in [0.25, 0.3) is 0 Å². The van der Waals surface area contributed by atoms with E-state index in [1.54, 1.807) is 0 Å². The molecule has 1 amide bonds. The van der Waals surface area contributed by atoms with Crippen LogP contribution in [-0.4, -0.2) is 38.1 Å². The number of rotatable bonds is 6. The maximum atomic E-state index is 13.4. The van der Waals surface area contributed by atoms with Crippen molar-refractivity contribution in [2.45, 2.75) is 30.6 Å². The predicted molar refractivity (Wildman–Crippen MR) is 103 cm³/mol. The molecule has 0 atom stereocenters. The Kier molecular flexibility index (Phi) is 7.03. The number of amides is 1. The van der Waals surface area contributed by atoms with Crippen molar-refractivity contribution in [1.29, 1.82) is 0 Å². The number of alkyl halides is 3. The van der Waals surface area contributed by atoms with E-state index < -0.39 is 45.6 Å². The van der Waals surface area contributed by atoms with Gasteiger partial charge in [-0.15, -0.1) is 13.2 Å². The monoisotopic (exact) mass is 478 g/mol. The summed E-state index contributed by atoms with van der Waals surface area (Å²) >= 11 is 0. The van der Waals surface area contributed by atoms with Gasteiger partial charge >= 0.3 is 6.36 Å². The third-order valence-electron chi connectivity index (χ3n) is 5.00. The third kappa shape index (κ3) is 5.74. The van der Waals surface area contributed by atoms with Crippen molar-refractivity contribution in [2.75, 3.05) is 13.1 Å². The Morgan fingerprint density at radius 3 is 2.34 bits per heavy atom. The standard InChI is InChI=1S/C20H19F5N2O4S/c21-16-6-5-15(11-17(16)22)32(29,30)27-9-7-13(8-10-27)19(28)26-12-14-3-1-2-4-18(14)31-20(23,24)25/h1-6,11,13H,7-10,12H2,(H,26,28). The van der Waals surface area contributed by atoms with Crippen LogP contribution >= 0.6 is 0 Å². The minimum absolute atomic E-state index is 0.0206. The summed E-state index contributed by atoms with van der Waals surface area (Å²) in [5.74, 6) is -3.86. The molecule has 1 heterocycles. The lowest BCUT2D eigenvalue weighted by Gasteiger charge is -2.30. The first-order chi connectivity index (χ1) is 15.0. The number of carbonyl (C=O) groups is 1. The normalized spacial score (nSPS) is 16.0. The molecular formula is C20H19F5N2O4S. The minimum atomic E-state index is -4.87. The van der Waals surface area contributed by atoms with E-state index in [1.807, 2.05) is 0 Å². The first-order valence-corrected chi connectivity index (χ1v) is 11.0. The summed E-state index contributed by atoms with van der Waals surface area (Å²) in [6.45, 7) is -0.237. The van der Waals surface area contributed by atoms with E-state index in [9.17, 15) is 35.2 Å². The van der Waals surface area contributed by atoms with E-state index in [2.05, 4.69) is 10.1 Å². The second-order valence-electron chi connectivity index (χ2n) is 7.13. The minimum Gasteiger partial charge on any atom is -0.405 e. The maximum Gasteiger partial charge on any atom is 0.573 e. The summed E-state index contributed by atoms with van der Waals surface area (Å²) in [6, 6.07) is 7.69. The predicted octanol–water partition coefficient (Wildman–Crippen LogP) is 3.58. The molecule has 32 heavy (non-hydrogen) atoms. The van der Waals surface area contributed by atoms with Gasteiger partial charge in [0.1, 0.15) is 5.75 Å². The molecule has 0 aliphatic carbocycles. The van der Waals surface area contributed by atoms with Gasteiger partial charge in [0, 0.05) is 31.1 Å². The van der Waals surface area contributed by atoms with Crippen molar-refractivity contribution in [3.05, 3.63) is 59.7 Å². The van der Waals surface area contributed by atoms with Crippen molar-refractivity contribution >= 4 is 15.9 Å². The van der Waals surface area contributed by atoms with Crippen LogP contribution < -0.4 is 10.1 Å². The van der Waals surface area contributed by atoms with Crippen LogP contribution in [0.2, 0.25) is 0 Å². The van der Waals surface area contributed by atoms with Crippen molar-refractivity contribution in [1.82, 2.24) is 9.62 Å². The molecule has 0 spiro atoms. The summed E-state index contributed by atoms with van der Waals surface area (Å²) in [7, 11) is -4.06. The van der Waals surface area contributed by atoms with Crippen LogP contribution in [0, 0.1) is 17.6 Å². The zero-order chi connectivity index (χ0) is 23.5. The Labute approximate surface area is 181 Å². The Balaban J connectivity index is 1.58. The van der Waals surface area contributed by atoms with Crippen LogP contribution in [0.1, 0.15) is 18.4 Å². The number of hydrogen-bond acceptors (Lipinski definition) is 4. The van der Waals surface area contributed by atoms with E-state index in [4.69, 9.17) is 0 Å². The number of nitrogens with one attached hydrogen (secondary N) is 1. The topological polar surface area (TPSA) is 75.7 Å². The molecule has 2 aromatic rings. The zero-order valence-corrected chi connectivity index (χ0v) is 17.3. The summed E-state index contributed by atoms with van der Waals surface area (Å²) in [5.41, 5.74) is 0.136. The number of nitrogens with zero attached hydrogens (tertiary/aromatic N) is 1. The van der Waals surface area contributed by atoms with Crippen LogP contribution in [0.4, 0.5) is 22.0 Å². The highest BCUT2D eigenvalue weighted by molar-refractivity contribution is 7.89. The molecule has 1 aliphatic heterocycles. The van der Waals surface area contributed by atoms with Gasteiger partial charge in [0.15, 0.2) is 11.6 Å². The Morgan fingerprint density at radius 2 is 1.72 bits per heavy atom. The number of piperidine rings is 1. The highest BCUT2D eigenvalue weighted by Gasteiger charge is 2.33. The average molecular weight is 478 g/mol. The second-order valence-corrected chi connectivity index (χ2v) is 9.07. The molecule has 0 aromatic heterocycles. The fraction of sp³-hybridized carbons (Fsp3) is 0.350. The van der Waals surface area contributed by atoms with Crippen molar-refractivity contribution in [2.24, 2.45) is 5.92 Å². The Morgan fingerprint density at radius 1 is 1.06 bits per heavy atom. The Bertz CT molecular complexity index is 1080. The van der Waals surface area contributed by atoms with Crippen LogP contribution in [0.25, 0.3) is 0 Å². The number of hydrogen-bond donors (Lipinski definition) is 1. The summed E-state index contributed by atoms with van der Waals surface area (Å²) < 4.78 is 94.3. The van der Waals surface area contributed by atoms with E-state index in [1.165, 1.54) is 18.2 Å². The zero-order valence-electron chi connectivity index (χ0n) is 16.5. The van der Waals surface area contributed by atoms with Crippen molar-refractivity contribution in [3.63, 3.8) is 0 Å². The lowest BCUT2D eigenvalue weighted by molar-refractivity contribution is -0.274. The van der Waals surface area contributed by atoms with Gasteiger partial charge in [-0.25, -0.2) is 17.2 Å². The average Bonchev–Trinajstić information content (AvgIpc) is 2.73. The fourth-order valence-corrected chi connectivity index (χ4v) is 4.83. The van der Waals surface area contributed by atoms with Gasteiger partial charge in [-0.3, -0.25) is 4.79 Å². The number of halogens is 5. The molecule has 12 heteroatoms. The molecule has 1 saturated heterocycles. The first-order valence-electron chi connectivity index (χ1n) is 9.54. The molecule has 6 nitrogen and oxygen atoms in total. The summed E-state index contributed by atoms with van der Waals surface area (Å²) in [5, 5.41) is 2.55. The molecule has 3 rings (SSSR count). The largest absolute Gasteiger partial charge is 0.573 e. The van der Waals surface area contributed by atoms with Crippen LogP contribution in [0.5, 0.6) is 5.75 Å². The van der Waals surface area contributed by atoms with Gasteiger partial charge in [-0.1, -0.05) is 18.2 Å². The Hall–Kier alpha value is -2.73. The van der Waals surface area contributed by atoms with Crippen LogP contribution in [0.3, 0.4) is 0 Å².